The van der Waals surface area contributed by atoms with Gasteiger partial charge in [0.2, 0.25) is 5.88 Å². The molecule has 0 radical (unpaired) electrons. The summed E-state index contributed by atoms with van der Waals surface area (Å²) in [5, 5.41) is 10.8. The Kier molecular flexibility index (Phi) is 3.61. The van der Waals surface area contributed by atoms with Crippen LogP contribution in [-0.4, -0.2) is 14.9 Å². The molecular weight excluding hydrogens is 318 g/mol. The van der Waals surface area contributed by atoms with E-state index in [1.165, 1.54) is 12.4 Å². The topological polar surface area (TPSA) is 98.1 Å². The maximum Gasteiger partial charge on any atom is 0.276 e. The maximum absolute atomic E-state index is 11.3. The molecule has 19 heavy (non-hydrogen) atoms. The summed E-state index contributed by atoms with van der Waals surface area (Å²) < 4.78 is 5.48. The second kappa shape index (κ2) is 5.19. The molecule has 0 spiro atoms. The van der Waals surface area contributed by atoms with Crippen molar-refractivity contribution in [1.82, 2.24) is 9.97 Å². The summed E-state index contributed by atoms with van der Waals surface area (Å²) in [5.41, 5.74) is 0.0698. The number of aromatic amines is 1. The summed E-state index contributed by atoms with van der Waals surface area (Å²) in [6, 6.07) is 4.41. The molecular formula is C11H8BrN3O4. The monoisotopic (exact) mass is 325 g/mol. The van der Waals surface area contributed by atoms with Crippen molar-refractivity contribution in [3.8, 4) is 11.6 Å². The van der Waals surface area contributed by atoms with Gasteiger partial charge in [0.05, 0.1) is 17.3 Å². The van der Waals surface area contributed by atoms with E-state index in [1.807, 2.05) is 0 Å². The Hall–Kier alpha value is -2.22. The van der Waals surface area contributed by atoms with Gasteiger partial charge in [0.25, 0.3) is 11.2 Å². The standard InChI is InChI=1S/C11H8BrN3O4/c1-6-2-3-7(4-8(6)15(17)18)19-11-9(12)10(16)13-5-14-11/h2-5H,1H3,(H,13,14,16). The lowest BCUT2D eigenvalue weighted by Crippen LogP contribution is -2.08. The van der Waals surface area contributed by atoms with E-state index in [0.717, 1.165) is 0 Å². The average molecular weight is 326 g/mol. The zero-order valence-corrected chi connectivity index (χ0v) is 11.3. The second-order valence-electron chi connectivity index (χ2n) is 3.66. The van der Waals surface area contributed by atoms with Gasteiger partial charge >= 0.3 is 0 Å². The van der Waals surface area contributed by atoms with Crippen molar-refractivity contribution in [3.05, 3.63) is 55.0 Å². The zero-order valence-electron chi connectivity index (χ0n) is 9.71. The normalized spacial score (nSPS) is 10.2. The minimum Gasteiger partial charge on any atom is -0.437 e. The first-order chi connectivity index (χ1) is 8.99. The highest BCUT2D eigenvalue weighted by Gasteiger charge is 2.14. The van der Waals surface area contributed by atoms with Crippen LogP contribution < -0.4 is 10.3 Å². The number of rotatable bonds is 3. The molecule has 0 fully saturated rings. The first-order valence-corrected chi connectivity index (χ1v) is 5.94. The largest absolute Gasteiger partial charge is 0.437 e. The van der Waals surface area contributed by atoms with Crippen molar-refractivity contribution < 1.29 is 9.66 Å². The number of ether oxygens (including phenoxy) is 1. The van der Waals surface area contributed by atoms with E-state index in [-0.39, 0.29) is 21.8 Å². The van der Waals surface area contributed by atoms with Crippen molar-refractivity contribution in [2.75, 3.05) is 0 Å². The van der Waals surface area contributed by atoms with Crippen molar-refractivity contribution in [2.45, 2.75) is 6.92 Å². The van der Waals surface area contributed by atoms with Crippen LogP contribution >= 0.6 is 15.9 Å². The smallest absolute Gasteiger partial charge is 0.276 e. The minimum atomic E-state index is -0.498. The van der Waals surface area contributed by atoms with Gasteiger partial charge in [-0.1, -0.05) is 0 Å². The van der Waals surface area contributed by atoms with Gasteiger partial charge in [-0.15, -0.1) is 0 Å². The summed E-state index contributed by atoms with van der Waals surface area (Å²) in [5.74, 6) is 0.276. The van der Waals surface area contributed by atoms with E-state index < -0.39 is 10.5 Å². The Balaban J connectivity index is 2.39. The highest BCUT2D eigenvalue weighted by atomic mass is 79.9. The Bertz CT molecular complexity index is 699. The van der Waals surface area contributed by atoms with Crippen LogP contribution in [0.3, 0.4) is 0 Å². The fourth-order valence-corrected chi connectivity index (χ4v) is 1.70. The quantitative estimate of drug-likeness (QED) is 0.690. The van der Waals surface area contributed by atoms with Gasteiger partial charge in [-0.25, -0.2) is 4.98 Å². The number of nitrogens with zero attached hydrogens (tertiary/aromatic N) is 2. The van der Waals surface area contributed by atoms with Crippen LogP contribution in [-0.2, 0) is 0 Å². The Morgan fingerprint density at radius 3 is 2.89 bits per heavy atom. The second-order valence-corrected chi connectivity index (χ2v) is 4.45. The van der Waals surface area contributed by atoms with Crippen LogP contribution in [0.4, 0.5) is 5.69 Å². The van der Waals surface area contributed by atoms with Crippen molar-refractivity contribution in [3.63, 3.8) is 0 Å². The Morgan fingerprint density at radius 2 is 2.21 bits per heavy atom. The number of nitrogens with one attached hydrogen (secondary N) is 1. The third-order valence-corrected chi connectivity index (χ3v) is 3.06. The molecule has 0 atom stereocenters. The SMILES string of the molecule is Cc1ccc(Oc2nc[nH]c(=O)c2Br)cc1[N+](=O)[O-]. The lowest BCUT2D eigenvalue weighted by Gasteiger charge is -2.06. The number of benzene rings is 1. The van der Waals surface area contributed by atoms with Crippen LogP contribution in [0.25, 0.3) is 0 Å². The molecule has 98 valence electrons. The molecule has 0 aliphatic rings. The molecule has 0 unspecified atom stereocenters. The molecule has 1 aromatic heterocycles. The Morgan fingerprint density at radius 1 is 1.47 bits per heavy atom. The van der Waals surface area contributed by atoms with E-state index in [0.29, 0.717) is 5.56 Å². The minimum absolute atomic E-state index is 0.0434. The molecule has 1 aromatic carbocycles. The number of aromatic nitrogens is 2. The molecule has 1 heterocycles. The molecule has 0 saturated carbocycles. The van der Waals surface area contributed by atoms with Gasteiger partial charge < -0.3 is 9.72 Å². The summed E-state index contributed by atoms with van der Waals surface area (Å²) in [4.78, 5) is 27.8. The predicted octanol–water partition coefficient (Wildman–Crippen LogP) is 2.54. The number of nitro benzene ring substituents is 1. The van der Waals surface area contributed by atoms with Gasteiger partial charge in [0.1, 0.15) is 10.2 Å². The third kappa shape index (κ3) is 2.79. The van der Waals surface area contributed by atoms with Crippen LogP contribution in [0.1, 0.15) is 5.56 Å². The fourth-order valence-electron chi connectivity index (χ4n) is 1.40. The van der Waals surface area contributed by atoms with Crippen molar-refractivity contribution in [2.24, 2.45) is 0 Å². The van der Waals surface area contributed by atoms with E-state index >= 15 is 0 Å². The number of halogens is 1. The molecule has 0 aliphatic carbocycles. The van der Waals surface area contributed by atoms with Gasteiger partial charge in [-0.05, 0) is 35.0 Å². The molecule has 0 bridgehead atoms. The number of H-pyrrole nitrogens is 1. The van der Waals surface area contributed by atoms with E-state index in [4.69, 9.17) is 4.74 Å². The molecule has 0 saturated heterocycles. The average Bonchev–Trinajstić information content (AvgIpc) is 2.37. The van der Waals surface area contributed by atoms with E-state index in [9.17, 15) is 14.9 Å². The summed E-state index contributed by atoms with van der Waals surface area (Å²) in [6.45, 7) is 1.63. The van der Waals surface area contributed by atoms with Crippen molar-refractivity contribution >= 4 is 21.6 Å². The summed E-state index contributed by atoms with van der Waals surface area (Å²) >= 11 is 3.03. The zero-order chi connectivity index (χ0) is 14.0. The Labute approximate surface area is 115 Å². The molecule has 0 aliphatic heterocycles. The van der Waals surface area contributed by atoms with Crippen LogP contribution in [0.15, 0.2) is 33.8 Å². The number of aryl methyl sites for hydroxylation is 1. The van der Waals surface area contributed by atoms with Crippen LogP contribution in [0, 0.1) is 17.0 Å². The maximum atomic E-state index is 11.3. The highest BCUT2D eigenvalue weighted by Crippen LogP contribution is 2.28. The van der Waals surface area contributed by atoms with E-state index in [1.54, 1.807) is 19.1 Å². The van der Waals surface area contributed by atoms with Crippen LogP contribution in [0.2, 0.25) is 0 Å². The number of nitro groups is 1. The fraction of sp³-hybridized carbons (Fsp3) is 0.0909. The van der Waals surface area contributed by atoms with Crippen molar-refractivity contribution in [1.29, 1.82) is 0 Å². The summed E-state index contributed by atoms with van der Waals surface area (Å²) in [7, 11) is 0. The van der Waals surface area contributed by atoms with Crippen LogP contribution in [0.5, 0.6) is 11.6 Å². The third-order valence-electron chi connectivity index (χ3n) is 2.36. The highest BCUT2D eigenvalue weighted by molar-refractivity contribution is 9.10. The van der Waals surface area contributed by atoms with Gasteiger partial charge in [0, 0.05) is 5.56 Å². The lowest BCUT2D eigenvalue weighted by molar-refractivity contribution is -0.385. The molecule has 8 heteroatoms. The molecule has 7 nitrogen and oxygen atoms in total. The van der Waals surface area contributed by atoms with E-state index in [2.05, 4.69) is 25.9 Å². The molecule has 0 amide bonds. The first kappa shape index (κ1) is 13.2. The van der Waals surface area contributed by atoms with Gasteiger partial charge in [-0.2, -0.15) is 0 Å². The lowest BCUT2D eigenvalue weighted by atomic mass is 10.2. The summed E-state index contributed by atoms with van der Waals surface area (Å²) in [6.07, 6.45) is 1.19. The predicted molar refractivity (Wildman–Crippen MR) is 70.5 cm³/mol. The van der Waals surface area contributed by atoms with Gasteiger partial charge in [0.15, 0.2) is 0 Å². The molecule has 1 N–H and O–H groups in total. The number of hydrogen-bond donors (Lipinski definition) is 1. The molecule has 2 rings (SSSR count). The molecule has 2 aromatic rings. The number of hydrogen-bond acceptors (Lipinski definition) is 5. The van der Waals surface area contributed by atoms with Gasteiger partial charge in [-0.3, -0.25) is 14.9 Å². The first-order valence-electron chi connectivity index (χ1n) is 5.15.